The smallest absolute Gasteiger partial charge is 0.126 e. The highest BCUT2D eigenvalue weighted by molar-refractivity contribution is 5.34. The maximum Gasteiger partial charge on any atom is 0.126 e. The Kier molecular flexibility index (Phi) is 3.85. The number of piperazine rings is 1. The Morgan fingerprint density at radius 1 is 1.20 bits per heavy atom. The van der Waals surface area contributed by atoms with Crippen LogP contribution in [0.5, 0.6) is 0 Å². The van der Waals surface area contributed by atoms with Gasteiger partial charge in [0.1, 0.15) is 11.6 Å². The first-order chi connectivity index (χ1) is 9.77. The van der Waals surface area contributed by atoms with Crippen LogP contribution in [0.25, 0.3) is 0 Å². The molecule has 1 fully saturated rings. The number of rotatable bonds is 3. The molecule has 1 N–H and O–H groups in total. The quantitative estimate of drug-likeness (QED) is 0.933. The van der Waals surface area contributed by atoms with Crippen LogP contribution in [0.2, 0.25) is 0 Å². The van der Waals surface area contributed by atoms with Crippen LogP contribution < -0.4 is 5.32 Å². The molecule has 1 atom stereocenters. The van der Waals surface area contributed by atoms with Crippen LogP contribution in [0.3, 0.4) is 0 Å². The van der Waals surface area contributed by atoms with Gasteiger partial charge in [0, 0.05) is 26.2 Å². The van der Waals surface area contributed by atoms with Gasteiger partial charge >= 0.3 is 0 Å². The van der Waals surface area contributed by atoms with Gasteiger partial charge in [-0.05, 0) is 36.2 Å². The van der Waals surface area contributed by atoms with Crippen LogP contribution in [-0.2, 0) is 0 Å². The number of halogens is 1. The van der Waals surface area contributed by atoms with Crippen LogP contribution in [0.4, 0.5) is 4.39 Å². The molecule has 0 unspecified atom stereocenters. The molecule has 106 valence electrons. The Morgan fingerprint density at radius 3 is 2.70 bits per heavy atom. The lowest BCUT2D eigenvalue weighted by Crippen LogP contribution is -2.45. The van der Waals surface area contributed by atoms with Gasteiger partial charge in [-0.1, -0.05) is 12.1 Å². The maximum atomic E-state index is 13.9. The summed E-state index contributed by atoms with van der Waals surface area (Å²) >= 11 is 0. The number of hydrogen-bond donors (Lipinski definition) is 1. The van der Waals surface area contributed by atoms with Gasteiger partial charge in [-0.15, -0.1) is 0 Å². The van der Waals surface area contributed by atoms with Crippen molar-refractivity contribution in [3.8, 4) is 0 Å². The zero-order chi connectivity index (χ0) is 13.9. The van der Waals surface area contributed by atoms with E-state index in [4.69, 9.17) is 4.42 Å². The van der Waals surface area contributed by atoms with Crippen molar-refractivity contribution in [1.29, 1.82) is 0 Å². The Balaban J connectivity index is 2.03. The van der Waals surface area contributed by atoms with E-state index in [0.29, 0.717) is 5.56 Å². The summed E-state index contributed by atoms with van der Waals surface area (Å²) in [5.41, 5.74) is 1.69. The van der Waals surface area contributed by atoms with Gasteiger partial charge in [0.2, 0.25) is 0 Å². The lowest BCUT2D eigenvalue weighted by atomic mass is 9.97. The van der Waals surface area contributed by atoms with Gasteiger partial charge in [-0.25, -0.2) is 4.39 Å². The molecule has 1 aromatic heterocycles. The minimum Gasteiger partial charge on any atom is -0.467 e. The van der Waals surface area contributed by atoms with Crippen LogP contribution in [0, 0.1) is 12.7 Å². The summed E-state index contributed by atoms with van der Waals surface area (Å²) in [5, 5.41) is 3.35. The van der Waals surface area contributed by atoms with Gasteiger partial charge in [-0.2, -0.15) is 0 Å². The van der Waals surface area contributed by atoms with Crippen molar-refractivity contribution in [3.63, 3.8) is 0 Å². The monoisotopic (exact) mass is 274 g/mol. The molecule has 2 heterocycles. The fourth-order valence-corrected chi connectivity index (χ4v) is 2.84. The molecule has 2 aromatic rings. The van der Waals surface area contributed by atoms with E-state index in [1.807, 2.05) is 25.1 Å². The molecule has 0 bridgehead atoms. The molecule has 1 saturated heterocycles. The van der Waals surface area contributed by atoms with E-state index >= 15 is 0 Å². The first-order valence-electron chi connectivity index (χ1n) is 7.00. The standard InChI is InChI=1S/C16H19FN2O/c1-12-13(4-2-5-14(12)17)16(15-6-3-11-20-15)19-9-7-18-8-10-19/h2-6,11,16,18H,7-10H2,1H3/t16-/m1/s1. The number of benzene rings is 1. The normalized spacial score (nSPS) is 18.1. The molecule has 0 aliphatic carbocycles. The summed E-state index contributed by atoms with van der Waals surface area (Å²) in [5.74, 6) is 0.717. The summed E-state index contributed by atoms with van der Waals surface area (Å²) in [7, 11) is 0. The van der Waals surface area contributed by atoms with E-state index in [0.717, 1.165) is 37.5 Å². The lowest BCUT2D eigenvalue weighted by Gasteiger charge is -2.34. The van der Waals surface area contributed by atoms with Crippen molar-refractivity contribution < 1.29 is 8.81 Å². The summed E-state index contributed by atoms with van der Waals surface area (Å²) in [6, 6.07) is 9.12. The molecule has 0 saturated carbocycles. The highest BCUT2D eigenvalue weighted by atomic mass is 19.1. The van der Waals surface area contributed by atoms with Gasteiger partial charge < -0.3 is 9.73 Å². The van der Waals surface area contributed by atoms with E-state index in [2.05, 4.69) is 10.2 Å². The lowest BCUT2D eigenvalue weighted by molar-refractivity contribution is 0.179. The molecule has 1 aliphatic rings. The molecule has 0 spiro atoms. The molecule has 3 rings (SSSR count). The molecule has 4 heteroatoms. The number of nitrogens with zero attached hydrogens (tertiary/aromatic N) is 1. The number of furan rings is 1. The summed E-state index contributed by atoms with van der Waals surface area (Å²) in [6.07, 6.45) is 1.68. The van der Waals surface area contributed by atoms with Gasteiger partial charge in [0.15, 0.2) is 0 Å². The SMILES string of the molecule is Cc1c(F)cccc1[C@H](c1ccco1)N1CCNCC1. The van der Waals surface area contributed by atoms with Crippen molar-refractivity contribution in [1.82, 2.24) is 10.2 Å². The van der Waals surface area contributed by atoms with Gasteiger partial charge in [0.25, 0.3) is 0 Å². The summed E-state index contributed by atoms with van der Waals surface area (Å²) in [4.78, 5) is 2.34. The number of nitrogens with one attached hydrogen (secondary N) is 1. The summed E-state index contributed by atoms with van der Waals surface area (Å²) in [6.45, 7) is 5.60. The predicted octanol–water partition coefficient (Wildman–Crippen LogP) is 2.72. The average Bonchev–Trinajstić information content (AvgIpc) is 2.99. The molecular formula is C16H19FN2O. The van der Waals surface area contributed by atoms with Crippen LogP contribution >= 0.6 is 0 Å². The van der Waals surface area contributed by atoms with E-state index in [9.17, 15) is 4.39 Å². The largest absolute Gasteiger partial charge is 0.467 e. The van der Waals surface area contributed by atoms with E-state index in [1.165, 1.54) is 6.07 Å². The first-order valence-corrected chi connectivity index (χ1v) is 7.00. The minimum atomic E-state index is -0.158. The fraction of sp³-hybridized carbons (Fsp3) is 0.375. The van der Waals surface area contributed by atoms with Crippen molar-refractivity contribution >= 4 is 0 Å². The summed E-state index contributed by atoms with van der Waals surface area (Å²) < 4.78 is 19.5. The topological polar surface area (TPSA) is 28.4 Å². The molecule has 0 radical (unpaired) electrons. The zero-order valence-electron chi connectivity index (χ0n) is 11.6. The minimum absolute atomic E-state index is 0.0113. The third-order valence-electron chi connectivity index (χ3n) is 3.93. The third-order valence-corrected chi connectivity index (χ3v) is 3.93. The van der Waals surface area contributed by atoms with Crippen molar-refractivity contribution in [2.45, 2.75) is 13.0 Å². The van der Waals surface area contributed by atoms with E-state index < -0.39 is 0 Å². The molecular weight excluding hydrogens is 255 g/mol. The Labute approximate surface area is 118 Å². The van der Waals surface area contributed by atoms with E-state index in [-0.39, 0.29) is 11.9 Å². The average molecular weight is 274 g/mol. The van der Waals surface area contributed by atoms with Crippen molar-refractivity contribution in [3.05, 3.63) is 59.3 Å². The number of hydrogen-bond acceptors (Lipinski definition) is 3. The maximum absolute atomic E-state index is 13.9. The van der Waals surface area contributed by atoms with Crippen LogP contribution in [0.1, 0.15) is 22.9 Å². The third kappa shape index (κ3) is 2.49. The second-order valence-corrected chi connectivity index (χ2v) is 5.16. The second kappa shape index (κ2) is 5.77. The zero-order valence-corrected chi connectivity index (χ0v) is 11.6. The highest BCUT2D eigenvalue weighted by Crippen LogP contribution is 2.32. The second-order valence-electron chi connectivity index (χ2n) is 5.16. The fourth-order valence-electron chi connectivity index (χ4n) is 2.84. The van der Waals surface area contributed by atoms with Gasteiger partial charge in [-0.3, -0.25) is 4.90 Å². The Bertz CT molecular complexity index is 562. The molecule has 1 aliphatic heterocycles. The highest BCUT2D eigenvalue weighted by Gasteiger charge is 2.27. The predicted molar refractivity (Wildman–Crippen MR) is 76.1 cm³/mol. The first kappa shape index (κ1) is 13.3. The Morgan fingerprint density at radius 2 is 2.00 bits per heavy atom. The van der Waals surface area contributed by atoms with Crippen molar-refractivity contribution in [2.75, 3.05) is 26.2 Å². The molecule has 3 nitrogen and oxygen atoms in total. The van der Waals surface area contributed by atoms with Crippen molar-refractivity contribution in [2.24, 2.45) is 0 Å². The van der Waals surface area contributed by atoms with E-state index in [1.54, 1.807) is 12.3 Å². The van der Waals surface area contributed by atoms with Crippen LogP contribution in [-0.4, -0.2) is 31.1 Å². The molecule has 20 heavy (non-hydrogen) atoms. The molecule has 1 aromatic carbocycles. The van der Waals surface area contributed by atoms with Gasteiger partial charge in [0.05, 0.1) is 12.3 Å². The molecule has 0 amide bonds. The van der Waals surface area contributed by atoms with Crippen LogP contribution in [0.15, 0.2) is 41.0 Å². The Hall–Kier alpha value is -1.65.